The molecule has 0 atom stereocenters. The summed E-state index contributed by atoms with van der Waals surface area (Å²) in [7, 11) is 1.66. The molecule has 0 fully saturated rings. The van der Waals surface area contributed by atoms with Crippen LogP contribution in [-0.4, -0.2) is 17.6 Å². The first-order valence-corrected chi connectivity index (χ1v) is 10.7. The van der Waals surface area contributed by atoms with E-state index in [1.165, 1.54) is 0 Å². The summed E-state index contributed by atoms with van der Waals surface area (Å²) in [5, 5.41) is 2.58. The van der Waals surface area contributed by atoms with Crippen LogP contribution in [0.4, 0.5) is 0 Å². The van der Waals surface area contributed by atoms with Gasteiger partial charge in [0.25, 0.3) is 0 Å². The van der Waals surface area contributed by atoms with Crippen LogP contribution >= 0.6 is 11.6 Å². The molecule has 0 aliphatic heterocycles. The normalized spacial score (nSPS) is 11.2. The SMILES string of the molecule is COc1ccc(-c2ccc3c4c(C(N)=O)cccc4n(Cc4ccc(Cl)cc4)c3c2)cc1. The molecule has 0 unspecified atom stereocenters. The number of aromatic nitrogens is 1. The standard InChI is InChI=1S/C27H21ClN2O2/c1-32-21-12-7-18(8-13-21)19-9-14-22-25(15-19)30(16-17-5-10-20(28)11-6-17)24-4-2-3-23(26(22)24)27(29)31/h2-15H,16H2,1H3,(H2,29,31). The predicted molar refractivity (Wildman–Crippen MR) is 131 cm³/mol. The number of carbonyl (C=O) groups is 1. The molecular weight excluding hydrogens is 420 g/mol. The number of methoxy groups -OCH3 is 1. The number of ether oxygens (including phenoxy) is 1. The van der Waals surface area contributed by atoms with E-state index in [0.29, 0.717) is 17.1 Å². The number of benzene rings is 4. The molecular formula is C27H21ClN2O2. The van der Waals surface area contributed by atoms with Gasteiger partial charge >= 0.3 is 0 Å². The largest absolute Gasteiger partial charge is 0.497 e. The molecule has 158 valence electrons. The number of hydrogen-bond acceptors (Lipinski definition) is 2. The molecule has 0 saturated heterocycles. The van der Waals surface area contributed by atoms with E-state index in [4.69, 9.17) is 22.1 Å². The lowest BCUT2D eigenvalue weighted by Crippen LogP contribution is -2.11. The van der Waals surface area contributed by atoms with Gasteiger partial charge in [0, 0.05) is 27.9 Å². The van der Waals surface area contributed by atoms with Crippen LogP contribution in [0.5, 0.6) is 5.75 Å². The second-order valence-corrected chi connectivity index (χ2v) is 8.17. The zero-order chi connectivity index (χ0) is 22.2. The van der Waals surface area contributed by atoms with Gasteiger partial charge < -0.3 is 15.0 Å². The second kappa shape index (κ2) is 8.06. The first-order chi connectivity index (χ1) is 15.5. The van der Waals surface area contributed by atoms with E-state index in [2.05, 4.69) is 22.8 Å². The number of nitrogens with two attached hydrogens (primary N) is 1. The van der Waals surface area contributed by atoms with Gasteiger partial charge in [-0.2, -0.15) is 0 Å². The van der Waals surface area contributed by atoms with Gasteiger partial charge in [-0.25, -0.2) is 0 Å². The molecule has 5 heteroatoms. The third-order valence-electron chi connectivity index (χ3n) is 5.83. The molecule has 5 rings (SSSR count). The van der Waals surface area contributed by atoms with Gasteiger partial charge in [0.2, 0.25) is 5.91 Å². The molecule has 4 aromatic carbocycles. The highest BCUT2D eigenvalue weighted by Crippen LogP contribution is 2.35. The number of fused-ring (bicyclic) bond motifs is 3. The summed E-state index contributed by atoms with van der Waals surface area (Å²) in [6.07, 6.45) is 0. The Morgan fingerprint density at radius 2 is 1.62 bits per heavy atom. The average Bonchev–Trinajstić information content (AvgIpc) is 3.13. The topological polar surface area (TPSA) is 57.2 Å². The van der Waals surface area contributed by atoms with Crippen LogP contribution in [0.2, 0.25) is 5.02 Å². The molecule has 1 amide bonds. The Bertz CT molecular complexity index is 1450. The van der Waals surface area contributed by atoms with E-state index < -0.39 is 5.91 Å². The summed E-state index contributed by atoms with van der Waals surface area (Å²) >= 11 is 6.08. The van der Waals surface area contributed by atoms with Crippen molar-refractivity contribution in [2.75, 3.05) is 7.11 Å². The third kappa shape index (κ3) is 3.49. The fraction of sp³-hybridized carbons (Fsp3) is 0.0741. The predicted octanol–water partition coefficient (Wildman–Crippen LogP) is 6.27. The number of primary amides is 1. The third-order valence-corrected chi connectivity index (χ3v) is 6.09. The van der Waals surface area contributed by atoms with E-state index in [1.807, 2.05) is 60.7 Å². The van der Waals surface area contributed by atoms with E-state index in [9.17, 15) is 4.79 Å². The van der Waals surface area contributed by atoms with Crippen molar-refractivity contribution >= 4 is 39.3 Å². The fourth-order valence-electron chi connectivity index (χ4n) is 4.26. The smallest absolute Gasteiger partial charge is 0.249 e. The van der Waals surface area contributed by atoms with Gasteiger partial charge in [-0.05, 0) is 59.2 Å². The summed E-state index contributed by atoms with van der Waals surface area (Å²) in [5.41, 5.74) is 11.6. The lowest BCUT2D eigenvalue weighted by Gasteiger charge is -2.10. The average molecular weight is 441 g/mol. The van der Waals surface area contributed by atoms with Crippen molar-refractivity contribution in [3.05, 3.63) is 101 Å². The van der Waals surface area contributed by atoms with Crippen LogP contribution in [0, 0.1) is 0 Å². The fourth-order valence-corrected chi connectivity index (χ4v) is 4.38. The number of hydrogen-bond donors (Lipinski definition) is 1. The van der Waals surface area contributed by atoms with Crippen molar-refractivity contribution in [1.29, 1.82) is 0 Å². The molecule has 4 nitrogen and oxygen atoms in total. The van der Waals surface area contributed by atoms with Crippen molar-refractivity contribution in [2.24, 2.45) is 5.73 Å². The molecule has 2 N–H and O–H groups in total. The van der Waals surface area contributed by atoms with Crippen LogP contribution in [0.25, 0.3) is 32.9 Å². The maximum Gasteiger partial charge on any atom is 0.249 e. The summed E-state index contributed by atoms with van der Waals surface area (Å²) in [6, 6.07) is 27.8. The molecule has 1 heterocycles. The van der Waals surface area contributed by atoms with Crippen molar-refractivity contribution in [2.45, 2.75) is 6.54 Å². The lowest BCUT2D eigenvalue weighted by atomic mass is 10.0. The zero-order valence-corrected chi connectivity index (χ0v) is 18.3. The van der Waals surface area contributed by atoms with E-state index in [-0.39, 0.29) is 0 Å². The highest BCUT2D eigenvalue weighted by atomic mass is 35.5. The van der Waals surface area contributed by atoms with Crippen LogP contribution in [0.15, 0.2) is 84.9 Å². The van der Waals surface area contributed by atoms with Crippen molar-refractivity contribution in [1.82, 2.24) is 4.57 Å². The minimum atomic E-state index is -0.430. The van der Waals surface area contributed by atoms with Gasteiger partial charge in [-0.1, -0.05) is 54.1 Å². The van der Waals surface area contributed by atoms with Gasteiger partial charge in [0.15, 0.2) is 0 Å². The van der Waals surface area contributed by atoms with Crippen molar-refractivity contribution < 1.29 is 9.53 Å². The molecule has 1 aromatic heterocycles. The number of rotatable bonds is 5. The number of carbonyl (C=O) groups excluding carboxylic acids is 1. The molecule has 0 radical (unpaired) electrons. The number of amides is 1. The van der Waals surface area contributed by atoms with Crippen LogP contribution in [0.1, 0.15) is 15.9 Å². The van der Waals surface area contributed by atoms with Gasteiger partial charge in [-0.3, -0.25) is 4.79 Å². The van der Waals surface area contributed by atoms with E-state index >= 15 is 0 Å². The molecule has 0 bridgehead atoms. The minimum Gasteiger partial charge on any atom is -0.497 e. The molecule has 32 heavy (non-hydrogen) atoms. The molecule has 5 aromatic rings. The second-order valence-electron chi connectivity index (χ2n) is 7.74. The van der Waals surface area contributed by atoms with Gasteiger partial charge in [0.1, 0.15) is 5.75 Å². The van der Waals surface area contributed by atoms with Crippen LogP contribution < -0.4 is 10.5 Å². The molecule has 0 aliphatic carbocycles. The quantitative estimate of drug-likeness (QED) is 0.350. The maximum absolute atomic E-state index is 12.2. The maximum atomic E-state index is 12.2. The molecule has 0 saturated carbocycles. The minimum absolute atomic E-state index is 0.430. The number of halogens is 1. The Morgan fingerprint density at radius 1 is 0.906 bits per heavy atom. The zero-order valence-electron chi connectivity index (χ0n) is 17.5. The van der Waals surface area contributed by atoms with Crippen molar-refractivity contribution in [3.8, 4) is 16.9 Å². The first kappa shape index (κ1) is 20.2. The summed E-state index contributed by atoms with van der Waals surface area (Å²) in [6.45, 7) is 0.644. The monoisotopic (exact) mass is 440 g/mol. The van der Waals surface area contributed by atoms with E-state index in [1.54, 1.807) is 13.2 Å². The molecule has 0 spiro atoms. The Balaban J connectivity index is 1.75. The number of nitrogens with zero attached hydrogens (tertiary/aromatic N) is 1. The van der Waals surface area contributed by atoms with E-state index in [0.717, 1.165) is 44.2 Å². The lowest BCUT2D eigenvalue weighted by molar-refractivity contribution is 0.100. The highest BCUT2D eigenvalue weighted by Gasteiger charge is 2.17. The van der Waals surface area contributed by atoms with Gasteiger partial charge in [0.05, 0.1) is 18.1 Å². The summed E-state index contributed by atoms with van der Waals surface area (Å²) in [5.74, 6) is 0.387. The summed E-state index contributed by atoms with van der Waals surface area (Å²) in [4.78, 5) is 12.2. The van der Waals surface area contributed by atoms with Crippen molar-refractivity contribution in [3.63, 3.8) is 0 Å². The van der Waals surface area contributed by atoms with Gasteiger partial charge in [-0.15, -0.1) is 0 Å². The Hall–Kier alpha value is -3.76. The van der Waals surface area contributed by atoms with Crippen LogP contribution in [-0.2, 0) is 6.54 Å². The highest BCUT2D eigenvalue weighted by molar-refractivity contribution is 6.30. The Labute approximate surface area is 190 Å². The Morgan fingerprint density at radius 3 is 2.31 bits per heavy atom. The Kier molecular flexibility index (Phi) is 5.08. The van der Waals surface area contributed by atoms with Crippen LogP contribution in [0.3, 0.4) is 0 Å². The molecule has 0 aliphatic rings. The summed E-state index contributed by atoms with van der Waals surface area (Å²) < 4.78 is 7.52. The first-order valence-electron chi connectivity index (χ1n) is 10.3.